The molecule has 0 heterocycles. The molecule has 0 aromatic heterocycles. The van der Waals surface area contributed by atoms with E-state index in [0.29, 0.717) is 12.6 Å². The summed E-state index contributed by atoms with van der Waals surface area (Å²) < 4.78 is 25.9. The lowest BCUT2D eigenvalue weighted by atomic mass is 10.3. The summed E-state index contributed by atoms with van der Waals surface area (Å²) in [6, 6.07) is 0.475. The first-order chi connectivity index (χ1) is 7.99. The van der Waals surface area contributed by atoms with Crippen molar-refractivity contribution in [1.82, 2.24) is 10.0 Å². The molecule has 0 unspecified atom stereocenters. The third-order valence-corrected chi connectivity index (χ3v) is 4.43. The highest BCUT2D eigenvalue weighted by Gasteiger charge is 2.21. The summed E-state index contributed by atoms with van der Waals surface area (Å²) in [4.78, 5) is 0. The number of hydrogen-bond donors (Lipinski definition) is 2. The molecule has 1 fully saturated rings. The molecule has 0 aliphatic heterocycles. The molecule has 4 nitrogen and oxygen atoms in total. The summed E-state index contributed by atoms with van der Waals surface area (Å²) in [5.41, 5.74) is 0. The summed E-state index contributed by atoms with van der Waals surface area (Å²) in [5.74, 6) is 1.05. The highest BCUT2D eigenvalue weighted by Crippen LogP contribution is 2.31. The molecule has 0 aromatic rings. The molecule has 1 aliphatic carbocycles. The zero-order valence-corrected chi connectivity index (χ0v) is 11.9. The van der Waals surface area contributed by atoms with Crippen molar-refractivity contribution in [2.75, 3.05) is 18.8 Å². The van der Waals surface area contributed by atoms with E-state index in [1.165, 1.54) is 12.8 Å². The first kappa shape index (κ1) is 14.9. The molecule has 1 saturated carbocycles. The molecule has 0 atom stereocenters. The molecule has 0 amide bonds. The fourth-order valence-corrected chi connectivity index (χ4v) is 2.86. The lowest BCUT2D eigenvalue weighted by Gasteiger charge is -2.08. The van der Waals surface area contributed by atoms with Crippen molar-refractivity contribution in [3.8, 4) is 0 Å². The Morgan fingerprint density at radius 2 is 1.88 bits per heavy atom. The maximum atomic E-state index is 11.6. The predicted molar refractivity (Wildman–Crippen MR) is 71.5 cm³/mol. The number of rotatable bonds is 10. The van der Waals surface area contributed by atoms with E-state index in [-0.39, 0.29) is 5.75 Å². The standard InChI is InChI=1S/C12H26N2O2S/c1-11(2)13-8-3-4-10-17(15,16)14-9-7-12-5-6-12/h11-14H,3-10H2,1-2H3. The fraction of sp³-hybridized carbons (Fsp3) is 1.00. The normalized spacial score (nSPS) is 16.6. The van der Waals surface area contributed by atoms with Crippen LogP contribution in [0.1, 0.15) is 46.0 Å². The first-order valence-electron chi connectivity index (χ1n) is 6.70. The smallest absolute Gasteiger partial charge is 0.211 e. The van der Waals surface area contributed by atoms with E-state index in [0.717, 1.165) is 31.7 Å². The fourth-order valence-electron chi connectivity index (χ4n) is 1.71. The van der Waals surface area contributed by atoms with Crippen molar-refractivity contribution in [1.29, 1.82) is 0 Å². The SMILES string of the molecule is CC(C)NCCCCS(=O)(=O)NCCC1CC1. The van der Waals surface area contributed by atoms with Crippen LogP contribution < -0.4 is 10.0 Å². The van der Waals surface area contributed by atoms with E-state index in [4.69, 9.17) is 0 Å². The van der Waals surface area contributed by atoms with Gasteiger partial charge in [0, 0.05) is 12.6 Å². The van der Waals surface area contributed by atoms with E-state index in [9.17, 15) is 8.42 Å². The third kappa shape index (κ3) is 8.57. The van der Waals surface area contributed by atoms with Crippen molar-refractivity contribution in [3.63, 3.8) is 0 Å². The molecule has 102 valence electrons. The molecule has 17 heavy (non-hydrogen) atoms. The molecule has 0 radical (unpaired) electrons. The Labute approximate surface area is 106 Å². The lowest BCUT2D eigenvalue weighted by molar-refractivity contribution is 0.553. The van der Waals surface area contributed by atoms with Crippen LogP contribution in [-0.4, -0.2) is 33.3 Å². The van der Waals surface area contributed by atoms with Gasteiger partial charge in [-0.15, -0.1) is 0 Å². The molecule has 1 rings (SSSR count). The van der Waals surface area contributed by atoms with E-state index < -0.39 is 10.0 Å². The second-order valence-corrected chi connectivity index (χ2v) is 7.19. The number of nitrogens with one attached hydrogen (secondary N) is 2. The largest absolute Gasteiger partial charge is 0.315 e. The Kier molecular flexibility index (Phi) is 6.44. The zero-order valence-electron chi connectivity index (χ0n) is 11.0. The average Bonchev–Trinajstić information content (AvgIpc) is 3.00. The summed E-state index contributed by atoms with van der Waals surface area (Å²) in [6.45, 7) is 5.71. The van der Waals surface area contributed by atoms with Crippen LogP contribution in [0.5, 0.6) is 0 Å². The van der Waals surface area contributed by atoms with Crippen molar-refractivity contribution in [2.45, 2.75) is 52.0 Å². The topological polar surface area (TPSA) is 58.2 Å². The van der Waals surface area contributed by atoms with Gasteiger partial charge in [-0.2, -0.15) is 0 Å². The molecule has 0 spiro atoms. The van der Waals surface area contributed by atoms with Crippen LogP contribution in [0.3, 0.4) is 0 Å². The van der Waals surface area contributed by atoms with Gasteiger partial charge >= 0.3 is 0 Å². The van der Waals surface area contributed by atoms with Crippen LogP contribution in [0.2, 0.25) is 0 Å². The van der Waals surface area contributed by atoms with Gasteiger partial charge in [0.1, 0.15) is 0 Å². The first-order valence-corrected chi connectivity index (χ1v) is 8.35. The number of hydrogen-bond acceptors (Lipinski definition) is 3. The van der Waals surface area contributed by atoms with Crippen LogP contribution in [0.15, 0.2) is 0 Å². The average molecular weight is 262 g/mol. The summed E-state index contributed by atoms with van der Waals surface area (Å²) in [7, 11) is -3.03. The second-order valence-electron chi connectivity index (χ2n) is 5.26. The summed E-state index contributed by atoms with van der Waals surface area (Å²) in [6.07, 6.45) is 5.22. The van der Waals surface area contributed by atoms with Crippen LogP contribution in [0, 0.1) is 5.92 Å². The van der Waals surface area contributed by atoms with Gasteiger partial charge in [-0.25, -0.2) is 13.1 Å². The number of sulfonamides is 1. The van der Waals surface area contributed by atoms with E-state index in [1.807, 2.05) is 0 Å². The highest BCUT2D eigenvalue weighted by molar-refractivity contribution is 7.89. The Bertz CT molecular complexity index is 298. The molecule has 0 bridgehead atoms. The Hall–Kier alpha value is -0.130. The lowest BCUT2D eigenvalue weighted by Crippen LogP contribution is -2.28. The van der Waals surface area contributed by atoms with Gasteiger partial charge < -0.3 is 5.32 Å². The van der Waals surface area contributed by atoms with Crippen molar-refractivity contribution >= 4 is 10.0 Å². The van der Waals surface area contributed by atoms with E-state index in [1.54, 1.807) is 0 Å². The van der Waals surface area contributed by atoms with Crippen molar-refractivity contribution in [3.05, 3.63) is 0 Å². The van der Waals surface area contributed by atoms with Crippen LogP contribution in [0.4, 0.5) is 0 Å². The van der Waals surface area contributed by atoms with Gasteiger partial charge in [0.25, 0.3) is 0 Å². The van der Waals surface area contributed by atoms with Gasteiger partial charge in [0.05, 0.1) is 5.75 Å². The van der Waals surface area contributed by atoms with Crippen LogP contribution >= 0.6 is 0 Å². The van der Waals surface area contributed by atoms with E-state index >= 15 is 0 Å². The molecule has 1 aliphatic rings. The molecule has 2 N–H and O–H groups in total. The van der Waals surface area contributed by atoms with Gasteiger partial charge in [-0.3, -0.25) is 0 Å². The van der Waals surface area contributed by atoms with Crippen molar-refractivity contribution in [2.24, 2.45) is 5.92 Å². The molecule has 0 saturated heterocycles. The monoisotopic (exact) mass is 262 g/mol. The quantitative estimate of drug-likeness (QED) is 0.586. The minimum atomic E-state index is -3.03. The molecule has 0 aromatic carbocycles. The Balaban J connectivity index is 1.98. The van der Waals surface area contributed by atoms with Gasteiger partial charge in [-0.1, -0.05) is 26.7 Å². The minimum absolute atomic E-state index is 0.261. The highest BCUT2D eigenvalue weighted by atomic mass is 32.2. The van der Waals surface area contributed by atoms with E-state index in [2.05, 4.69) is 23.9 Å². The predicted octanol–water partition coefficient (Wildman–Crippen LogP) is 1.48. The van der Waals surface area contributed by atoms with Gasteiger partial charge in [0.15, 0.2) is 0 Å². The Morgan fingerprint density at radius 1 is 1.18 bits per heavy atom. The molecular weight excluding hydrogens is 236 g/mol. The number of unbranched alkanes of at least 4 members (excludes halogenated alkanes) is 1. The zero-order chi connectivity index (χ0) is 12.7. The minimum Gasteiger partial charge on any atom is -0.315 e. The Morgan fingerprint density at radius 3 is 2.47 bits per heavy atom. The summed E-state index contributed by atoms with van der Waals surface area (Å²) in [5, 5.41) is 3.28. The van der Waals surface area contributed by atoms with Gasteiger partial charge in [-0.05, 0) is 31.7 Å². The second kappa shape index (κ2) is 7.34. The molecule has 5 heteroatoms. The maximum Gasteiger partial charge on any atom is 0.211 e. The van der Waals surface area contributed by atoms with Crippen LogP contribution in [0.25, 0.3) is 0 Å². The maximum absolute atomic E-state index is 11.6. The van der Waals surface area contributed by atoms with Crippen LogP contribution in [-0.2, 0) is 10.0 Å². The molecular formula is C12H26N2O2S. The van der Waals surface area contributed by atoms with Crippen molar-refractivity contribution < 1.29 is 8.42 Å². The van der Waals surface area contributed by atoms with Gasteiger partial charge in [0.2, 0.25) is 10.0 Å². The summed E-state index contributed by atoms with van der Waals surface area (Å²) >= 11 is 0. The third-order valence-electron chi connectivity index (χ3n) is 2.96.